The average Bonchev–Trinajstić information content (AvgIpc) is 2.65. The summed E-state index contributed by atoms with van der Waals surface area (Å²) >= 11 is 0. The van der Waals surface area contributed by atoms with Gasteiger partial charge in [-0.3, -0.25) is 0 Å². The van der Waals surface area contributed by atoms with E-state index in [-0.39, 0.29) is 6.09 Å². The second kappa shape index (κ2) is 4.89. The summed E-state index contributed by atoms with van der Waals surface area (Å²) in [6.45, 7) is 9.19. The lowest BCUT2D eigenvalue weighted by molar-refractivity contribution is 0.0243. The van der Waals surface area contributed by atoms with E-state index in [9.17, 15) is 4.79 Å². The Morgan fingerprint density at radius 3 is 2.65 bits per heavy atom. The van der Waals surface area contributed by atoms with Crippen LogP contribution < -0.4 is 4.90 Å². The van der Waals surface area contributed by atoms with Crippen molar-refractivity contribution in [3.05, 3.63) is 29.3 Å². The van der Waals surface area contributed by atoms with Gasteiger partial charge in [-0.05, 0) is 44.7 Å². The molecule has 2 heterocycles. The van der Waals surface area contributed by atoms with E-state index in [0.717, 1.165) is 19.6 Å². The van der Waals surface area contributed by atoms with Crippen LogP contribution in [0.3, 0.4) is 0 Å². The van der Waals surface area contributed by atoms with Gasteiger partial charge in [0.25, 0.3) is 0 Å². The number of benzene rings is 1. The van der Waals surface area contributed by atoms with Crippen LogP contribution in [0.1, 0.15) is 51.2 Å². The predicted molar refractivity (Wildman–Crippen MR) is 90.8 cm³/mol. The summed E-state index contributed by atoms with van der Waals surface area (Å²) in [5.74, 6) is 0. The van der Waals surface area contributed by atoms with Gasteiger partial charge in [0.15, 0.2) is 0 Å². The van der Waals surface area contributed by atoms with E-state index < -0.39 is 5.60 Å². The maximum atomic E-state index is 12.5. The Morgan fingerprint density at radius 2 is 2.00 bits per heavy atom. The van der Waals surface area contributed by atoms with Crippen LogP contribution in [0.25, 0.3) is 0 Å². The minimum absolute atomic E-state index is 0.199. The second-order valence-corrected chi connectivity index (χ2v) is 8.27. The first-order chi connectivity index (χ1) is 10.9. The van der Waals surface area contributed by atoms with Crippen molar-refractivity contribution in [2.24, 2.45) is 0 Å². The summed E-state index contributed by atoms with van der Waals surface area (Å²) in [5, 5.41) is 0. The summed E-state index contributed by atoms with van der Waals surface area (Å²) in [7, 11) is 0. The summed E-state index contributed by atoms with van der Waals surface area (Å²) in [4.78, 5) is 16.8. The van der Waals surface area contributed by atoms with E-state index in [0.29, 0.717) is 12.0 Å². The molecule has 0 saturated heterocycles. The van der Waals surface area contributed by atoms with Crippen LogP contribution in [-0.4, -0.2) is 36.2 Å². The summed E-state index contributed by atoms with van der Waals surface area (Å²) in [5.41, 5.74) is 4.15. The molecule has 1 saturated carbocycles. The van der Waals surface area contributed by atoms with E-state index >= 15 is 0 Å². The highest BCUT2D eigenvalue weighted by molar-refractivity contribution is 5.72. The standard InChI is InChI=1S/C19H26N2O2/c1-18(2,3)23-17(22)20-10-11-21-13-19(8-5-9-19)15-7-4-6-14(12-20)16(15)21/h4,6-7H,5,8-13H2,1-3H3. The topological polar surface area (TPSA) is 32.8 Å². The van der Waals surface area contributed by atoms with Gasteiger partial charge in [0, 0.05) is 30.7 Å². The number of anilines is 1. The molecule has 3 aliphatic rings. The molecule has 2 aliphatic heterocycles. The van der Waals surface area contributed by atoms with Crippen molar-refractivity contribution in [1.82, 2.24) is 4.90 Å². The van der Waals surface area contributed by atoms with Crippen molar-refractivity contribution in [3.63, 3.8) is 0 Å². The number of nitrogens with zero attached hydrogens (tertiary/aromatic N) is 2. The van der Waals surface area contributed by atoms with Gasteiger partial charge >= 0.3 is 6.09 Å². The van der Waals surface area contributed by atoms with Crippen LogP contribution in [0.5, 0.6) is 0 Å². The predicted octanol–water partition coefficient (Wildman–Crippen LogP) is 3.68. The minimum atomic E-state index is -0.444. The molecule has 0 radical (unpaired) electrons. The SMILES string of the molecule is CC(C)(C)OC(=O)N1CCN2CC3(CCC3)c3cccc(c32)C1. The van der Waals surface area contributed by atoms with Gasteiger partial charge in [0.05, 0.1) is 6.54 Å². The molecule has 0 atom stereocenters. The number of carbonyl (C=O) groups excluding carboxylic acids is 1. The Bertz CT molecular complexity index is 643. The van der Waals surface area contributed by atoms with Gasteiger partial charge in [-0.2, -0.15) is 0 Å². The highest BCUT2D eigenvalue weighted by Crippen LogP contribution is 2.53. The molecule has 0 bridgehead atoms. The number of fused-ring (bicyclic) bond motifs is 1. The Labute approximate surface area is 138 Å². The lowest BCUT2D eigenvalue weighted by atomic mass is 9.65. The Balaban J connectivity index is 1.63. The first-order valence-corrected chi connectivity index (χ1v) is 8.73. The van der Waals surface area contributed by atoms with Crippen molar-refractivity contribution >= 4 is 11.8 Å². The second-order valence-electron chi connectivity index (χ2n) is 8.27. The molecule has 1 fully saturated rings. The van der Waals surface area contributed by atoms with Gasteiger partial charge in [0.2, 0.25) is 0 Å². The molecule has 124 valence electrons. The molecule has 1 aromatic carbocycles. The lowest BCUT2D eigenvalue weighted by Crippen LogP contribution is -2.42. The zero-order valence-electron chi connectivity index (χ0n) is 14.4. The van der Waals surface area contributed by atoms with Crippen molar-refractivity contribution in [2.45, 2.75) is 57.6 Å². The third-order valence-corrected chi connectivity index (χ3v) is 5.46. The molecule has 1 aliphatic carbocycles. The summed E-state index contributed by atoms with van der Waals surface area (Å²) < 4.78 is 5.57. The normalized spacial score (nSPS) is 21.7. The molecule has 0 N–H and O–H groups in total. The molecule has 1 amide bonds. The third-order valence-electron chi connectivity index (χ3n) is 5.46. The van der Waals surface area contributed by atoms with Crippen LogP contribution in [-0.2, 0) is 16.7 Å². The molecule has 0 unspecified atom stereocenters. The van der Waals surface area contributed by atoms with Crippen LogP contribution >= 0.6 is 0 Å². The van der Waals surface area contributed by atoms with Crippen LogP contribution in [0, 0.1) is 0 Å². The molecule has 1 spiro atoms. The highest BCUT2D eigenvalue weighted by Gasteiger charge is 2.48. The smallest absolute Gasteiger partial charge is 0.410 e. The lowest BCUT2D eigenvalue weighted by Gasteiger charge is -2.39. The number of amides is 1. The molecule has 4 rings (SSSR count). The van der Waals surface area contributed by atoms with Crippen molar-refractivity contribution in [3.8, 4) is 0 Å². The molecular formula is C19H26N2O2. The van der Waals surface area contributed by atoms with Crippen molar-refractivity contribution in [1.29, 1.82) is 0 Å². The van der Waals surface area contributed by atoms with Gasteiger partial charge in [-0.15, -0.1) is 0 Å². The van der Waals surface area contributed by atoms with E-state index in [2.05, 4.69) is 23.1 Å². The van der Waals surface area contributed by atoms with Crippen LogP contribution in [0.4, 0.5) is 10.5 Å². The number of hydrogen-bond donors (Lipinski definition) is 0. The number of rotatable bonds is 0. The van der Waals surface area contributed by atoms with Crippen molar-refractivity contribution in [2.75, 3.05) is 24.5 Å². The third kappa shape index (κ3) is 2.39. The molecular weight excluding hydrogens is 288 g/mol. The number of hydrogen-bond acceptors (Lipinski definition) is 3. The van der Waals surface area contributed by atoms with E-state index in [4.69, 9.17) is 4.74 Å². The highest BCUT2D eigenvalue weighted by atomic mass is 16.6. The first kappa shape index (κ1) is 14.9. The van der Waals surface area contributed by atoms with Crippen LogP contribution in [0.15, 0.2) is 18.2 Å². The molecule has 23 heavy (non-hydrogen) atoms. The fraction of sp³-hybridized carbons (Fsp3) is 0.632. The quantitative estimate of drug-likeness (QED) is 0.732. The Kier molecular flexibility index (Phi) is 3.16. The Morgan fingerprint density at radius 1 is 1.22 bits per heavy atom. The molecule has 4 heteroatoms. The first-order valence-electron chi connectivity index (χ1n) is 8.73. The molecule has 1 aromatic rings. The number of carbonyl (C=O) groups is 1. The van der Waals surface area contributed by atoms with E-state index in [1.165, 1.54) is 36.1 Å². The van der Waals surface area contributed by atoms with E-state index in [1.807, 2.05) is 25.7 Å². The van der Waals surface area contributed by atoms with Gasteiger partial charge in [-0.25, -0.2) is 4.79 Å². The summed E-state index contributed by atoms with van der Waals surface area (Å²) in [6.07, 6.45) is 3.78. The fourth-order valence-corrected chi connectivity index (χ4v) is 4.28. The van der Waals surface area contributed by atoms with Crippen LogP contribution in [0.2, 0.25) is 0 Å². The van der Waals surface area contributed by atoms with E-state index in [1.54, 1.807) is 0 Å². The Hall–Kier alpha value is -1.71. The monoisotopic (exact) mass is 314 g/mol. The van der Waals surface area contributed by atoms with Gasteiger partial charge in [-0.1, -0.05) is 24.6 Å². The maximum absolute atomic E-state index is 12.5. The number of para-hydroxylation sites is 1. The largest absolute Gasteiger partial charge is 0.444 e. The maximum Gasteiger partial charge on any atom is 0.410 e. The molecule has 0 aromatic heterocycles. The summed E-state index contributed by atoms with van der Waals surface area (Å²) in [6, 6.07) is 6.64. The fourth-order valence-electron chi connectivity index (χ4n) is 4.28. The number of ether oxygens (including phenoxy) is 1. The van der Waals surface area contributed by atoms with Crippen molar-refractivity contribution < 1.29 is 9.53 Å². The molecule has 4 nitrogen and oxygen atoms in total. The average molecular weight is 314 g/mol. The zero-order chi connectivity index (χ0) is 16.2. The van der Waals surface area contributed by atoms with Gasteiger partial charge in [0.1, 0.15) is 5.60 Å². The minimum Gasteiger partial charge on any atom is -0.444 e. The van der Waals surface area contributed by atoms with Gasteiger partial charge < -0.3 is 14.5 Å². The zero-order valence-corrected chi connectivity index (χ0v) is 14.4.